The summed E-state index contributed by atoms with van der Waals surface area (Å²) in [5.41, 5.74) is 1.42. The molecule has 45 heavy (non-hydrogen) atoms. The molecule has 1 fully saturated rings. The molecular weight excluding hydrogens is 591 g/mol. The lowest BCUT2D eigenvalue weighted by molar-refractivity contribution is -0.361. The first-order valence-electron chi connectivity index (χ1n) is 14.4. The van der Waals surface area contributed by atoms with Gasteiger partial charge in [0, 0.05) is 37.5 Å². The van der Waals surface area contributed by atoms with Crippen LogP contribution in [0.2, 0.25) is 0 Å². The Morgan fingerprint density at radius 2 is 1.76 bits per heavy atom. The number of carbonyl (C=O) groups excluding carboxylic acids is 1. The third-order valence-electron chi connectivity index (χ3n) is 7.65. The van der Waals surface area contributed by atoms with Crippen molar-refractivity contribution in [1.29, 1.82) is 0 Å². The summed E-state index contributed by atoms with van der Waals surface area (Å²) < 4.78 is 33.0. The van der Waals surface area contributed by atoms with Crippen LogP contribution in [0.4, 0.5) is 24.8 Å². The van der Waals surface area contributed by atoms with Crippen LogP contribution in [-0.2, 0) is 22.6 Å². The van der Waals surface area contributed by atoms with E-state index in [1.165, 1.54) is 4.57 Å². The van der Waals surface area contributed by atoms with Crippen molar-refractivity contribution < 1.29 is 38.0 Å². The van der Waals surface area contributed by atoms with Crippen LogP contribution in [0.3, 0.4) is 0 Å². The number of hydrogen-bond acceptors (Lipinski definition) is 7. The Bertz CT molecular complexity index is 1670. The van der Waals surface area contributed by atoms with Gasteiger partial charge in [-0.2, -0.15) is 18.2 Å². The van der Waals surface area contributed by atoms with Gasteiger partial charge in [0.15, 0.2) is 0 Å². The first-order valence-corrected chi connectivity index (χ1v) is 14.4. The average molecular weight is 626 g/mol. The maximum atomic E-state index is 13.0. The maximum Gasteiger partial charge on any atom is 0.430 e. The summed E-state index contributed by atoms with van der Waals surface area (Å²) in [4.78, 5) is 43.6. The van der Waals surface area contributed by atoms with Gasteiger partial charge in [0.1, 0.15) is 11.8 Å². The molecule has 1 unspecified atom stereocenters. The summed E-state index contributed by atoms with van der Waals surface area (Å²) in [7, 11) is 0. The Morgan fingerprint density at radius 1 is 1.09 bits per heavy atom. The lowest BCUT2D eigenvalue weighted by Gasteiger charge is -2.33. The standard InChI is InChI=1S/C30H33N5O3.C2HF3O2/c1-21-19-35(20-26(29(36)37)17-23-9-10-24-6-2-3-7-25(24)16-23)30(38)33-28(21)34-14-11-22(12-15-34)18-32-27-8-4-5-13-31-27;3-2(4,5)1(6)7/h2-10,13,16,19,22,26H,11-12,14-15,17-18,20H2,1H3,(H,31,32)(H,36,37);(H,6,7). The second kappa shape index (κ2) is 14.7. The van der Waals surface area contributed by atoms with Gasteiger partial charge in [-0.15, -0.1) is 0 Å². The number of carbonyl (C=O) groups is 2. The normalized spacial score (nSPS) is 14.4. The number of carboxylic acids is 2. The Morgan fingerprint density at radius 3 is 2.38 bits per heavy atom. The number of hydrogen-bond donors (Lipinski definition) is 2. The Kier molecular flexibility index (Phi) is 10.8. The second-order valence-electron chi connectivity index (χ2n) is 11.0. The van der Waals surface area contributed by atoms with Crippen molar-refractivity contribution in [3.8, 4) is 0 Å². The fourth-order valence-corrected chi connectivity index (χ4v) is 5.26. The van der Waals surface area contributed by atoms with Gasteiger partial charge >= 0.3 is 17.8 Å². The molecule has 3 N–H and O–H groups in total. The minimum atomic E-state index is -5.19. The van der Waals surface area contributed by atoms with E-state index in [0.717, 1.165) is 60.2 Å². The van der Waals surface area contributed by atoms with Crippen molar-refractivity contribution >= 4 is 34.3 Å². The van der Waals surface area contributed by atoms with Gasteiger partial charge in [-0.3, -0.25) is 14.7 Å². The predicted molar refractivity (Wildman–Crippen MR) is 159 cm³/mol. The van der Waals surface area contributed by atoms with Crippen LogP contribution in [0.5, 0.6) is 0 Å². The van der Waals surface area contributed by atoms with E-state index in [9.17, 15) is 27.9 Å². The zero-order chi connectivity index (χ0) is 32.6. The zero-order valence-corrected chi connectivity index (χ0v) is 24.6. The number of anilines is 2. The van der Waals surface area contributed by atoms with Crippen LogP contribution in [0.1, 0.15) is 24.0 Å². The molecule has 1 aliphatic heterocycles. The van der Waals surface area contributed by atoms with Gasteiger partial charge in [0.2, 0.25) is 0 Å². The zero-order valence-electron chi connectivity index (χ0n) is 24.6. The molecule has 3 heterocycles. The van der Waals surface area contributed by atoms with E-state index >= 15 is 0 Å². The van der Waals surface area contributed by atoms with Gasteiger partial charge in [-0.25, -0.2) is 9.78 Å². The summed E-state index contributed by atoms with van der Waals surface area (Å²) in [6.45, 7) is 4.59. The van der Waals surface area contributed by atoms with Crippen molar-refractivity contribution in [3.63, 3.8) is 0 Å². The van der Waals surface area contributed by atoms with E-state index < -0.39 is 29.7 Å². The van der Waals surface area contributed by atoms with E-state index in [1.807, 2.05) is 73.8 Å². The Labute approximate surface area is 257 Å². The van der Waals surface area contributed by atoms with E-state index in [-0.39, 0.29) is 6.54 Å². The van der Waals surface area contributed by atoms with Gasteiger partial charge < -0.3 is 19.9 Å². The molecule has 0 aliphatic carbocycles. The van der Waals surface area contributed by atoms with Crippen molar-refractivity contribution in [2.45, 2.75) is 38.9 Å². The predicted octanol–water partition coefficient (Wildman–Crippen LogP) is 3.09. The Balaban J connectivity index is 0.000000591. The number of pyridine rings is 1. The number of nitrogens with one attached hydrogen (secondary N) is 2. The van der Waals surface area contributed by atoms with E-state index in [2.05, 4.69) is 20.2 Å². The van der Waals surface area contributed by atoms with Gasteiger partial charge in [0.05, 0.1) is 18.7 Å². The lowest BCUT2D eigenvalue weighted by Crippen LogP contribution is -2.39. The minimum Gasteiger partial charge on any atom is -0.542 e. The molecule has 5 rings (SSSR count). The highest BCUT2D eigenvalue weighted by Crippen LogP contribution is 2.24. The SMILES string of the molecule is Cc1cn(CC(Cc2ccc3ccccc3c2)C(=O)O)c(=O)nc1N1CCC(CNc2cccc[nH+]2)CC1.O=C([O-])C(F)(F)F. The third-order valence-corrected chi connectivity index (χ3v) is 7.65. The fourth-order valence-electron chi connectivity index (χ4n) is 5.26. The third kappa shape index (κ3) is 9.27. The summed E-state index contributed by atoms with van der Waals surface area (Å²) >= 11 is 0. The largest absolute Gasteiger partial charge is 0.542 e. The summed E-state index contributed by atoms with van der Waals surface area (Å²) in [6, 6.07) is 20.0. The molecular formula is C32H34F3N5O5. The van der Waals surface area contributed by atoms with E-state index in [0.29, 0.717) is 18.2 Å². The number of carboxylic acid groups (broad SMARTS) is 2. The van der Waals surface area contributed by atoms with Gasteiger partial charge in [0.25, 0.3) is 5.82 Å². The van der Waals surface area contributed by atoms with Crippen LogP contribution in [-0.4, -0.2) is 52.4 Å². The molecule has 13 heteroatoms. The Hall–Kier alpha value is -4.94. The van der Waals surface area contributed by atoms with Crippen LogP contribution in [0.15, 0.2) is 77.9 Å². The highest BCUT2D eigenvalue weighted by molar-refractivity contribution is 5.83. The van der Waals surface area contributed by atoms with Crippen molar-refractivity contribution in [2.24, 2.45) is 11.8 Å². The van der Waals surface area contributed by atoms with Crippen LogP contribution >= 0.6 is 0 Å². The highest BCUT2D eigenvalue weighted by atomic mass is 19.4. The molecule has 0 radical (unpaired) electrons. The molecule has 4 aromatic rings. The van der Waals surface area contributed by atoms with Gasteiger partial charge in [-0.1, -0.05) is 48.5 Å². The number of benzene rings is 2. The number of piperidine rings is 1. The van der Waals surface area contributed by atoms with E-state index in [4.69, 9.17) is 9.90 Å². The topological polar surface area (TPSA) is 142 Å². The van der Waals surface area contributed by atoms with Crippen LogP contribution < -0.4 is 26.0 Å². The summed E-state index contributed by atoms with van der Waals surface area (Å²) in [5, 5.41) is 24.4. The number of H-pyrrole nitrogens is 1. The number of fused-ring (bicyclic) bond motifs is 1. The molecule has 10 nitrogen and oxygen atoms in total. The summed E-state index contributed by atoms with van der Waals surface area (Å²) in [6.07, 6.45) is 0.840. The molecule has 0 amide bonds. The lowest BCUT2D eigenvalue weighted by atomic mass is 9.96. The minimum absolute atomic E-state index is 0.0827. The second-order valence-corrected chi connectivity index (χ2v) is 11.0. The number of halogens is 3. The molecule has 2 aromatic heterocycles. The first-order chi connectivity index (χ1) is 21.4. The number of aromatic amines is 1. The highest BCUT2D eigenvalue weighted by Gasteiger charge is 2.29. The number of rotatable bonds is 9. The van der Waals surface area contributed by atoms with Crippen LogP contribution in [0.25, 0.3) is 10.8 Å². The molecule has 2 aromatic carbocycles. The molecule has 0 bridgehead atoms. The van der Waals surface area contributed by atoms with E-state index in [1.54, 1.807) is 6.20 Å². The molecule has 1 aliphatic rings. The van der Waals surface area contributed by atoms with Crippen molar-refractivity contribution in [2.75, 3.05) is 29.9 Å². The number of aryl methyl sites for hydroxylation is 1. The first kappa shape index (κ1) is 33.0. The monoisotopic (exact) mass is 625 g/mol. The smallest absolute Gasteiger partial charge is 0.430 e. The van der Waals surface area contributed by atoms with Crippen molar-refractivity contribution in [3.05, 3.63) is 94.7 Å². The average Bonchev–Trinajstić information content (AvgIpc) is 3.02. The molecule has 1 atom stereocenters. The summed E-state index contributed by atoms with van der Waals surface area (Å²) in [5.74, 6) is -2.40. The molecule has 1 saturated heterocycles. The van der Waals surface area contributed by atoms with Gasteiger partial charge in [-0.05, 0) is 54.5 Å². The number of aromatic nitrogens is 3. The number of nitrogens with zero attached hydrogens (tertiary/aromatic N) is 3. The fraction of sp³-hybridized carbons (Fsp3) is 0.344. The molecule has 0 saturated carbocycles. The maximum absolute atomic E-state index is 13.0. The molecule has 238 valence electrons. The quantitative estimate of drug-likeness (QED) is 0.289. The number of aliphatic carboxylic acids is 2. The number of alkyl halides is 3. The van der Waals surface area contributed by atoms with Crippen LogP contribution in [0, 0.1) is 18.8 Å². The van der Waals surface area contributed by atoms with Crippen molar-refractivity contribution in [1.82, 2.24) is 9.55 Å². The molecule has 0 spiro atoms.